The van der Waals surface area contributed by atoms with Gasteiger partial charge in [0.2, 0.25) is 0 Å². The van der Waals surface area contributed by atoms with Gasteiger partial charge >= 0.3 is 0 Å². The molecule has 0 N–H and O–H groups in total. The molecule has 21 heavy (non-hydrogen) atoms. The quantitative estimate of drug-likeness (QED) is 0.859. The molecule has 1 saturated heterocycles. The van der Waals surface area contributed by atoms with Crippen molar-refractivity contribution < 1.29 is 4.79 Å². The second kappa shape index (κ2) is 6.60. The number of thiazole rings is 1. The molecule has 0 unspecified atom stereocenters. The van der Waals surface area contributed by atoms with Gasteiger partial charge in [0.25, 0.3) is 5.91 Å². The Morgan fingerprint density at radius 3 is 2.90 bits per heavy atom. The Morgan fingerprint density at radius 2 is 2.19 bits per heavy atom. The van der Waals surface area contributed by atoms with Gasteiger partial charge in [0.1, 0.15) is 0 Å². The Hall–Kier alpha value is -1.37. The van der Waals surface area contributed by atoms with Crippen molar-refractivity contribution in [3.8, 4) is 0 Å². The van der Waals surface area contributed by atoms with Crippen molar-refractivity contribution in [3.05, 3.63) is 51.4 Å². The van der Waals surface area contributed by atoms with Crippen LogP contribution in [-0.2, 0) is 6.54 Å². The summed E-state index contributed by atoms with van der Waals surface area (Å²) < 4.78 is 0.538. The zero-order valence-corrected chi connectivity index (χ0v) is 13.4. The third-order valence-corrected chi connectivity index (χ3v) is 5.05. The van der Waals surface area contributed by atoms with Crippen molar-refractivity contribution in [2.45, 2.75) is 6.54 Å². The second-order valence-corrected chi connectivity index (χ2v) is 7.17. The highest BCUT2D eigenvalue weighted by Gasteiger charge is 2.21. The molecule has 4 nitrogen and oxygen atoms in total. The lowest BCUT2D eigenvalue weighted by atomic mass is 10.2. The molecule has 0 radical (unpaired) electrons. The number of halogens is 1. The first-order valence-corrected chi connectivity index (χ1v) is 8.56. The van der Waals surface area contributed by atoms with E-state index in [1.807, 2.05) is 18.2 Å². The summed E-state index contributed by atoms with van der Waals surface area (Å²) in [4.78, 5) is 23.6. The number of nitrogens with zero attached hydrogens (tertiary/aromatic N) is 3. The lowest BCUT2D eigenvalue weighted by molar-refractivity contribution is 0.100. The maximum absolute atomic E-state index is 12.1. The standard InChI is InChI=1S/C14H12ClN3OS2/c15-13-16-8-11(21-13)9-18-6-7-20-14(18)17-12(19)10-4-2-1-3-5-10/h1-5,8H,6-7,9H2/b17-14-. The molecule has 1 aromatic carbocycles. The minimum atomic E-state index is -0.202. The minimum absolute atomic E-state index is 0.202. The van der Waals surface area contributed by atoms with E-state index < -0.39 is 0 Å². The third kappa shape index (κ3) is 3.64. The number of carbonyl (C=O) groups is 1. The van der Waals surface area contributed by atoms with E-state index in [9.17, 15) is 4.79 Å². The Morgan fingerprint density at radius 1 is 1.38 bits per heavy atom. The predicted molar refractivity (Wildman–Crippen MR) is 88.2 cm³/mol. The van der Waals surface area contributed by atoms with Crippen LogP contribution < -0.4 is 0 Å². The first-order chi connectivity index (χ1) is 10.2. The van der Waals surface area contributed by atoms with E-state index in [4.69, 9.17) is 11.6 Å². The van der Waals surface area contributed by atoms with Gasteiger partial charge in [0.05, 0.1) is 6.54 Å². The van der Waals surface area contributed by atoms with Crippen molar-refractivity contribution in [2.24, 2.45) is 4.99 Å². The number of amides is 1. The maximum Gasteiger partial charge on any atom is 0.279 e. The van der Waals surface area contributed by atoms with Crippen LogP contribution in [0.2, 0.25) is 4.47 Å². The molecular weight excluding hydrogens is 326 g/mol. The van der Waals surface area contributed by atoms with E-state index in [-0.39, 0.29) is 5.91 Å². The molecule has 0 spiro atoms. The largest absolute Gasteiger partial charge is 0.345 e. The molecule has 1 fully saturated rings. The number of hydrogen-bond donors (Lipinski definition) is 0. The van der Waals surface area contributed by atoms with Gasteiger partial charge in [-0.05, 0) is 12.1 Å². The third-order valence-electron chi connectivity index (χ3n) is 2.95. The fourth-order valence-corrected chi connectivity index (χ4v) is 3.93. The number of aliphatic imine (C=N–C) groups is 1. The van der Waals surface area contributed by atoms with Crippen molar-refractivity contribution in [1.29, 1.82) is 0 Å². The Bertz CT molecular complexity index is 672. The predicted octanol–water partition coefficient (Wildman–Crippen LogP) is 3.54. The van der Waals surface area contributed by atoms with Gasteiger partial charge < -0.3 is 4.90 Å². The van der Waals surface area contributed by atoms with Crippen molar-refractivity contribution in [2.75, 3.05) is 12.3 Å². The summed E-state index contributed by atoms with van der Waals surface area (Å²) in [5, 5.41) is 0.772. The van der Waals surface area contributed by atoms with Crippen LogP contribution in [0.5, 0.6) is 0 Å². The Balaban J connectivity index is 1.74. The average molecular weight is 338 g/mol. The van der Waals surface area contributed by atoms with Gasteiger partial charge in [-0.25, -0.2) is 4.98 Å². The first-order valence-electron chi connectivity index (χ1n) is 6.38. The smallest absolute Gasteiger partial charge is 0.279 e. The number of rotatable bonds is 3. The van der Waals surface area contributed by atoms with Crippen LogP contribution >= 0.6 is 34.7 Å². The Labute approximate surface area is 135 Å². The molecule has 0 bridgehead atoms. The zero-order valence-electron chi connectivity index (χ0n) is 11.0. The van der Waals surface area contributed by atoms with Crippen LogP contribution in [0.1, 0.15) is 15.2 Å². The monoisotopic (exact) mass is 337 g/mol. The summed E-state index contributed by atoms with van der Waals surface area (Å²) in [6.45, 7) is 1.57. The number of benzene rings is 1. The van der Waals surface area contributed by atoms with Gasteiger partial charge in [-0.2, -0.15) is 4.99 Å². The van der Waals surface area contributed by atoms with Crippen LogP contribution in [0.25, 0.3) is 0 Å². The number of amidine groups is 1. The summed E-state index contributed by atoms with van der Waals surface area (Å²) in [5.74, 6) is 0.736. The van der Waals surface area contributed by atoms with Crippen LogP contribution in [0, 0.1) is 0 Å². The van der Waals surface area contributed by atoms with Crippen LogP contribution in [0.15, 0.2) is 41.5 Å². The van der Waals surface area contributed by atoms with E-state index >= 15 is 0 Å². The molecule has 1 aromatic heterocycles. The summed E-state index contributed by atoms with van der Waals surface area (Å²) in [7, 11) is 0. The molecule has 7 heteroatoms. The highest BCUT2D eigenvalue weighted by molar-refractivity contribution is 8.14. The van der Waals surface area contributed by atoms with Crippen LogP contribution in [0.3, 0.4) is 0 Å². The number of aromatic nitrogens is 1. The van der Waals surface area contributed by atoms with Crippen LogP contribution in [-0.4, -0.2) is 33.3 Å². The normalized spacial score (nSPS) is 16.6. The van der Waals surface area contributed by atoms with Gasteiger partial charge in [0.15, 0.2) is 9.63 Å². The molecule has 1 aliphatic heterocycles. The minimum Gasteiger partial charge on any atom is -0.345 e. The van der Waals surface area contributed by atoms with Gasteiger partial charge in [-0.15, -0.1) is 11.3 Å². The van der Waals surface area contributed by atoms with Crippen molar-refractivity contribution >= 4 is 45.8 Å². The molecule has 108 valence electrons. The highest BCUT2D eigenvalue weighted by Crippen LogP contribution is 2.25. The number of thioether (sulfide) groups is 1. The zero-order chi connectivity index (χ0) is 14.7. The van der Waals surface area contributed by atoms with Crippen molar-refractivity contribution in [1.82, 2.24) is 9.88 Å². The highest BCUT2D eigenvalue weighted by atomic mass is 35.5. The summed E-state index contributed by atoms with van der Waals surface area (Å²) in [6.07, 6.45) is 1.77. The first kappa shape index (κ1) is 14.6. The lowest BCUT2D eigenvalue weighted by Crippen LogP contribution is -2.24. The van der Waals surface area contributed by atoms with Crippen molar-refractivity contribution in [3.63, 3.8) is 0 Å². The molecule has 0 atom stereocenters. The summed E-state index contributed by atoms with van der Waals surface area (Å²) in [5.41, 5.74) is 0.610. The van der Waals surface area contributed by atoms with E-state index in [0.717, 1.165) is 22.3 Å². The molecule has 1 aliphatic rings. The summed E-state index contributed by atoms with van der Waals surface area (Å²) >= 11 is 8.91. The Kier molecular flexibility index (Phi) is 4.57. The molecule has 1 amide bonds. The lowest BCUT2D eigenvalue weighted by Gasteiger charge is -2.15. The maximum atomic E-state index is 12.1. The van der Waals surface area contributed by atoms with Crippen LogP contribution in [0.4, 0.5) is 0 Å². The second-order valence-electron chi connectivity index (χ2n) is 4.42. The van der Waals surface area contributed by atoms with E-state index in [1.54, 1.807) is 30.1 Å². The fraction of sp³-hybridized carbons (Fsp3) is 0.214. The summed E-state index contributed by atoms with van der Waals surface area (Å²) in [6, 6.07) is 9.12. The average Bonchev–Trinajstić information content (AvgIpc) is 3.10. The molecular formula is C14H12ClN3OS2. The molecule has 0 saturated carbocycles. The molecule has 2 heterocycles. The number of carbonyl (C=O) groups excluding carboxylic acids is 1. The molecule has 3 rings (SSSR count). The topological polar surface area (TPSA) is 45.6 Å². The van der Waals surface area contributed by atoms with Gasteiger partial charge in [0, 0.05) is 28.9 Å². The van der Waals surface area contributed by atoms with E-state index in [1.165, 1.54) is 11.3 Å². The van der Waals surface area contributed by atoms with E-state index in [0.29, 0.717) is 16.6 Å². The van der Waals surface area contributed by atoms with E-state index in [2.05, 4.69) is 14.9 Å². The van der Waals surface area contributed by atoms with Gasteiger partial charge in [-0.1, -0.05) is 41.6 Å². The fourth-order valence-electron chi connectivity index (χ4n) is 1.96. The van der Waals surface area contributed by atoms with Gasteiger partial charge in [-0.3, -0.25) is 4.79 Å². The number of hydrogen-bond acceptors (Lipinski definition) is 4. The molecule has 2 aromatic rings. The SMILES string of the molecule is O=C(/N=C1\SCCN1Cc1cnc(Cl)s1)c1ccccc1. The molecule has 0 aliphatic carbocycles.